The van der Waals surface area contributed by atoms with Crippen LogP contribution in [0.15, 0.2) is 81.4 Å². The van der Waals surface area contributed by atoms with E-state index in [1.165, 1.54) is 0 Å². The molecule has 1 aromatic heterocycles. The molecule has 0 saturated heterocycles. The summed E-state index contributed by atoms with van der Waals surface area (Å²) in [6.07, 6.45) is 0. The van der Waals surface area contributed by atoms with Crippen molar-refractivity contribution in [3.8, 4) is 5.88 Å². The number of aromatic nitrogens is 1. The molecule has 7 nitrogen and oxygen atoms in total. The van der Waals surface area contributed by atoms with Gasteiger partial charge in [0.25, 0.3) is 0 Å². The van der Waals surface area contributed by atoms with Crippen molar-refractivity contribution in [3.63, 3.8) is 0 Å². The summed E-state index contributed by atoms with van der Waals surface area (Å²) in [7, 11) is 0. The number of anilines is 1. The van der Waals surface area contributed by atoms with Crippen molar-refractivity contribution < 1.29 is 14.6 Å². The third-order valence-electron chi connectivity index (χ3n) is 5.28. The number of nitrogens with one attached hydrogen (secondary N) is 1. The van der Waals surface area contributed by atoms with Crippen LogP contribution in [0.2, 0.25) is 0 Å². The second-order valence-corrected chi connectivity index (χ2v) is 9.14. The van der Waals surface area contributed by atoms with Crippen molar-refractivity contribution in [2.45, 2.75) is 20.4 Å². The number of aryl methyl sites for hydroxylation is 1. The maximum Gasteiger partial charge on any atom is 0.338 e. The zero-order valence-corrected chi connectivity index (χ0v) is 21.6. The van der Waals surface area contributed by atoms with Gasteiger partial charge in [-0.3, -0.25) is 0 Å². The molecule has 4 rings (SSSR count). The molecule has 0 spiro atoms. The van der Waals surface area contributed by atoms with Gasteiger partial charge in [0.05, 0.1) is 24.2 Å². The standard InChI is InChI=1S/C26H23BrN4O3S/c1-3-34-25(33)18-7-10-20(11-8-18)28-26(35)30-29-23-21-14-19(27)9-12-22(21)31(24(23)32)15-17-6-4-5-16(2)13-17/h4-14,32H,3,15H2,1-2H3,(H,28,35). The predicted octanol–water partition coefficient (Wildman–Crippen LogP) is 7.12. The van der Waals surface area contributed by atoms with E-state index in [0.29, 0.717) is 30.1 Å². The Hall–Kier alpha value is -3.56. The van der Waals surface area contributed by atoms with E-state index in [9.17, 15) is 9.90 Å². The Bertz CT molecular complexity index is 1430. The number of esters is 1. The highest BCUT2D eigenvalue weighted by molar-refractivity contribution is 9.10. The zero-order valence-electron chi connectivity index (χ0n) is 19.2. The Morgan fingerprint density at radius 2 is 1.91 bits per heavy atom. The quantitative estimate of drug-likeness (QED) is 0.151. The second-order valence-electron chi connectivity index (χ2n) is 7.84. The fourth-order valence-corrected chi connectivity index (χ4v) is 4.22. The van der Waals surface area contributed by atoms with Gasteiger partial charge in [-0.1, -0.05) is 45.8 Å². The van der Waals surface area contributed by atoms with Gasteiger partial charge in [-0.15, -0.1) is 10.2 Å². The maximum absolute atomic E-state index is 11.8. The van der Waals surface area contributed by atoms with Crippen LogP contribution < -0.4 is 5.32 Å². The zero-order chi connectivity index (χ0) is 24.9. The molecule has 3 aromatic carbocycles. The first-order valence-electron chi connectivity index (χ1n) is 10.9. The van der Waals surface area contributed by atoms with Crippen molar-refractivity contribution in [1.29, 1.82) is 0 Å². The SMILES string of the molecule is CCOC(=O)c1ccc(NC(=S)N=Nc2c(O)n(Cc3cccc(C)c3)c3ccc(Br)cc23)cc1. The van der Waals surface area contributed by atoms with E-state index in [0.717, 1.165) is 26.5 Å². The van der Waals surface area contributed by atoms with Gasteiger partial charge in [-0.2, -0.15) is 0 Å². The van der Waals surface area contributed by atoms with E-state index in [1.54, 1.807) is 35.8 Å². The minimum Gasteiger partial charge on any atom is -0.493 e. The highest BCUT2D eigenvalue weighted by Crippen LogP contribution is 2.40. The second kappa shape index (κ2) is 10.8. The van der Waals surface area contributed by atoms with Crippen LogP contribution >= 0.6 is 28.1 Å². The summed E-state index contributed by atoms with van der Waals surface area (Å²) >= 11 is 8.81. The van der Waals surface area contributed by atoms with Gasteiger partial charge in [0.2, 0.25) is 11.0 Å². The van der Waals surface area contributed by atoms with Crippen molar-refractivity contribution in [2.24, 2.45) is 10.2 Å². The maximum atomic E-state index is 11.8. The monoisotopic (exact) mass is 550 g/mol. The molecule has 0 unspecified atom stereocenters. The lowest BCUT2D eigenvalue weighted by molar-refractivity contribution is 0.0526. The fourth-order valence-electron chi connectivity index (χ4n) is 3.70. The van der Waals surface area contributed by atoms with Crippen molar-refractivity contribution in [2.75, 3.05) is 11.9 Å². The number of hydrogen-bond donors (Lipinski definition) is 2. The molecular weight excluding hydrogens is 528 g/mol. The van der Waals surface area contributed by atoms with Crippen LogP contribution in [-0.4, -0.2) is 27.4 Å². The van der Waals surface area contributed by atoms with Crippen LogP contribution in [0, 0.1) is 6.92 Å². The van der Waals surface area contributed by atoms with E-state index >= 15 is 0 Å². The van der Waals surface area contributed by atoms with Gasteiger partial charge in [-0.25, -0.2) is 4.79 Å². The van der Waals surface area contributed by atoms with Crippen molar-refractivity contribution >= 4 is 61.5 Å². The van der Waals surface area contributed by atoms with Gasteiger partial charge >= 0.3 is 5.97 Å². The third kappa shape index (κ3) is 5.75. The molecule has 0 fully saturated rings. The van der Waals surface area contributed by atoms with E-state index < -0.39 is 0 Å². The largest absolute Gasteiger partial charge is 0.493 e. The summed E-state index contributed by atoms with van der Waals surface area (Å²) in [6.45, 7) is 4.59. The number of azo groups is 1. The molecule has 0 radical (unpaired) electrons. The van der Waals surface area contributed by atoms with Crippen LogP contribution in [0.1, 0.15) is 28.4 Å². The summed E-state index contributed by atoms with van der Waals surface area (Å²) in [5.74, 6) is -0.380. The van der Waals surface area contributed by atoms with Crippen LogP contribution in [0.4, 0.5) is 11.4 Å². The Kier molecular flexibility index (Phi) is 7.57. The highest BCUT2D eigenvalue weighted by atomic mass is 79.9. The van der Waals surface area contributed by atoms with Crippen LogP contribution in [0.3, 0.4) is 0 Å². The number of aromatic hydroxyl groups is 1. The molecule has 0 saturated carbocycles. The Labute approximate surface area is 216 Å². The smallest absolute Gasteiger partial charge is 0.338 e. The number of thiocarbonyl (C=S) groups is 1. The summed E-state index contributed by atoms with van der Waals surface area (Å²) in [5.41, 5.74) is 4.46. The average molecular weight is 551 g/mol. The van der Waals surface area contributed by atoms with Gasteiger partial charge < -0.3 is 19.7 Å². The molecule has 0 aliphatic heterocycles. The number of rotatable bonds is 6. The van der Waals surface area contributed by atoms with Crippen LogP contribution in [-0.2, 0) is 11.3 Å². The molecule has 178 valence electrons. The van der Waals surface area contributed by atoms with Crippen LogP contribution in [0.5, 0.6) is 5.88 Å². The van der Waals surface area contributed by atoms with Gasteiger partial charge in [-0.05, 0) is 74.1 Å². The number of ether oxygens (including phenoxy) is 1. The number of carbonyl (C=O) groups excluding carboxylic acids is 1. The molecule has 0 aliphatic rings. The number of nitrogens with zero attached hydrogens (tertiary/aromatic N) is 3. The molecule has 0 atom stereocenters. The third-order valence-corrected chi connectivity index (χ3v) is 5.96. The first-order chi connectivity index (χ1) is 16.9. The van der Waals surface area contributed by atoms with E-state index in [4.69, 9.17) is 17.0 Å². The lowest BCUT2D eigenvalue weighted by atomic mass is 10.1. The summed E-state index contributed by atoms with van der Waals surface area (Å²) in [4.78, 5) is 11.8. The van der Waals surface area contributed by atoms with E-state index in [-0.39, 0.29) is 17.0 Å². The summed E-state index contributed by atoms with van der Waals surface area (Å²) < 4.78 is 7.65. The predicted molar refractivity (Wildman–Crippen MR) is 145 cm³/mol. The Balaban J connectivity index is 1.58. The molecule has 0 aliphatic carbocycles. The van der Waals surface area contributed by atoms with E-state index in [2.05, 4.69) is 37.5 Å². The normalized spacial score (nSPS) is 11.2. The fraction of sp³-hybridized carbons (Fsp3) is 0.154. The number of halogens is 1. The molecule has 0 bridgehead atoms. The number of hydrogen-bond acceptors (Lipinski definition) is 5. The number of benzene rings is 3. The van der Waals surface area contributed by atoms with Crippen molar-refractivity contribution in [3.05, 3.63) is 87.9 Å². The minimum atomic E-state index is -0.384. The first kappa shape index (κ1) is 24.6. The topological polar surface area (TPSA) is 88.2 Å². The van der Waals surface area contributed by atoms with Gasteiger partial charge in [0.15, 0.2) is 5.69 Å². The molecule has 1 heterocycles. The molecule has 35 heavy (non-hydrogen) atoms. The molecule has 4 aromatic rings. The average Bonchev–Trinajstić information content (AvgIpc) is 3.08. The van der Waals surface area contributed by atoms with Crippen LogP contribution in [0.25, 0.3) is 10.9 Å². The molecular formula is C26H23BrN4O3S. The number of fused-ring (bicyclic) bond motifs is 1. The van der Waals surface area contributed by atoms with Gasteiger partial charge in [0, 0.05) is 15.5 Å². The molecule has 0 amide bonds. The Morgan fingerprint density at radius 1 is 1.14 bits per heavy atom. The molecule has 2 N–H and O–H groups in total. The summed E-state index contributed by atoms with van der Waals surface area (Å²) in [5, 5.41) is 23.3. The van der Waals surface area contributed by atoms with E-state index in [1.807, 2.05) is 43.3 Å². The number of carbonyl (C=O) groups is 1. The van der Waals surface area contributed by atoms with Gasteiger partial charge in [0.1, 0.15) is 0 Å². The minimum absolute atomic E-state index is 0.00458. The lowest BCUT2D eigenvalue weighted by Gasteiger charge is -2.08. The Morgan fingerprint density at radius 3 is 2.63 bits per heavy atom. The van der Waals surface area contributed by atoms with Crippen molar-refractivity contribution in [1.82, 2.24) is 4.57 Å². The molecule has 9 heteroatoms. The lowest BCUT2D eigenvalue weighted by Crippen LogP contribution is -2.07. The highest BCUT2D eigenvalue weighted by Gasteiger charge is 2.18. The first-order valence-corrected chi connectivity index (χ1v) is 12.1. The summed E-state index contributed by atoms with van der Waals surface area (Å²) in [6, 6.07) is 20.6.